The molecular weight excluding hydrogens is 232 g/mol. The zero-order chi connectivity index (χ0) is 10.9. The van der Waals surface area contributed by atoms with Gasteiger partial charge in [0.2, 0.25) is 5.03 Å². The van der Waals surface area contributed by atoms with E-state index in [0.29, 0.717) is 5.69 Å². The lowest BCUT2D eigenvalue weighted by molar-refractivity contribution is -0.388. The predicted molar refractivity (Wildman–Crippen MR) is 48.7 cm³/mol. The van der Waals surface area contributed by atoms with Crippen LogP contribution in [0.1, 0.15) is 5.69 Å². The van der Waals surface area contributed by atoms with Crippen LogP contribution in [0.15, 0.2) is 17.2 Å². The van der Waals surface area contributed by atoms with Gasteiger partial charge in [0.15, 0.2) is 0 Å². The van der Waals surface area contributed by atoms with Crippen LogP contribution in [0.4, 0.5) is 5.69 Å². The normalized spacial score (nSPS) is 11.3. The maximum absolute atomic E-state index is 10.9. The van der Waals surface area contributed by atoms with Crippen molar-refractivity contribution < 1.29 is 13.3 Å². The Bertz CT molecular complexity index is 485. The first-order chi connectivity index (χ1) is 6.32. The SMILES string of the molecule is Cc1ccc([N+](=O)[O-])c(S(=O)(=O)Cl)n1. The van der Waals surface area contributed by atoms with E-state index in [1.807, 2.05) is 0 Å². The van der Waals surface area contributed by atoms with Crippen LogP contribution in [0.3, 0.4) is 0 Å². The first-order valence-corrected chi connectivity index (χ1v) is 5.70. The Labute approximate surface area is 84.1 Å². The summed E-state index contributed by atoms with van der Waals surface area (Å²) in [7, 11) is 0.803. The van der Waals surface area contributed by atoms with Gasteiger partial charge < -0.3 is 0 Å². The van der Waals surface area contributed by atoms with Crippen LogP contribution in [0, 0.1) is 17.0 Å². The minimum Gasteiger partial charge on any atom is -0.258 e. The summed E-state index contributed by atoms with van der Waals surface area (Å²) in [5, 5.41) is 9.70. The largest absolute Gasteiger partial charge is 0.307 e. The van der Waals surface area contributed by atoms with Crippen molar-refractivity contribution in [3.63, 3.8) is 0 Å². The van der Waals surface area contributed by atoms with E-state index in [1.54, 1.807) is 0 Å². The number of aryl methyl sites for hydroxylation is 1. The number of nitrogens with zero attached hydrogens (tertiary/aromatic N) is 2. The van der Waals surface area contributed by atoms with Crippen molar-refractivity contribution >= 4 is 25.4 Å². The summed E-state index contributed by atoms with van der Waals surface area (Å²) < 4.78 is 21.8. The summed E-state index contributed by atoms with van der Waals surface area (Å²) in [4.78, 5) is 13.1. The Morgan fingerprint density at radius 3 is 2.50 bits per heavy atom. The van der Waals surface area contributed by atoms with Gasteiger partial charge in [-0.25, -0.2) is 13.4 Å². The highest BCUT2D eigenvalue weighted by molar-refractivity contribution is 8.13. The van der Waals surface area contributed by atoms with E-state index in [4.69, 9.17) is 10.7 Å². The van der Waals surface area contributed by atoms with Crippen molar-refractivity contribution in [2.75, 3.05) is 0 Å². The van der Waals surface area contributed by atoms with E-state index in [0.717, 1.165) is 6.07 Å². The highest BCUT2D eigenvalue weighted by Crippen LogP contribution is 2.24. The summed E-state index contributed by atoms with van der Waals surface area (Å²) in [5.41, 5.74) is -0.277. The molecule has 0 aliphatic heterocycles. The molecule has 6 nitrogen and oxygen atoms in total. The summed E-state index contributed by atoms with van der Waals surface area (Å²) in [6.07, 6.45) is 0. The van der Waals surface area contributed by atoms with Crippen molar-refractivity contribution in [3.05, 3.63) is 27.9 Å². The number of aromatic nitrogens is 1. The van der Waals surface area contributed by atoms with Crippen LogP contribution >= 0.6 is 10.7 Å². The molecule has 0 aromatic carbocycles. The Morgan fingerprint density at radius 2 is 2.07 bits per heavy atom. The lowest BCUT2D eigenvalue weighted by atomic mass is 10.3. The van der Waals surface area contributed by atoms with E-state index >= 15 is 0 Å². The molecule has 1 aromatic rings. The van der Waals surface area contributed by atoms with Gasteiger partial charge >= 0.3 is 5.69 Å². The molecule has 0 spiro atoms. The number of hydrogen-bond donors (Lipinski definition) is 0. The fourth-order valence-electron chi connectivity index (χ4n) is 0.844. The van der Waals surface area contributed by atoms with Gasteiger partial charge in [0, 0.05) is 22.4 Å². The molecule has 0 radical (unpaired) electrons. The number of rotatable bonds is 2. The third-order valence-corrected chi connectivity index (χ3v) is 2.61. The van der Waals surface area contributed by atoms with Crippen LogP contribution in [-0.2, 0) is 9.05 Å². The Balaban J connectivity index is 3.54. The van der Waals surface area contributed by atoms with E-state index in [1.165, 1.54) is 13.0 Å². The van der Waals surface area contributed by atoms with Gasteiger partial charge in [0.05, 0.1) is 4.92 Å². The average Bonchev–Trinajstić information content (AvgIpc) is 2.01. The molecule has 0 bridgehead atoms. The quantitative estimate of drug-likeness (QED) is 0.438. The van der Waals surface area contributed by atoms with E-state index in [9.17, 15) is 18.5 Å². The van der Waals surface area contributed by atoms with Gasteiger partial charge in [0.25, 0.3) is 9.05 Å². The molecule has 1 rings (SSSR count). The van der Waals surface area contributed by atoms with Gasteiger partial charge in [-0.2, -0.15) is 0 Å². The van der Waals surface area contributed by atoms with Crippen molar-refractivity contribution in [3.8, 4) is 0 Å². The molecule has 0 fully saturated rings. The summed E-state index contributed by atoms with van der Waals surface area (Å²) in [6.45, 7) is 1.51. The first-order valence-electron chi connectivity index (χ1n) is 3.39. The Kier molecular flexibility index (Phi) is 2.72. The smallest absolute Gasteiger partial charge is 0.258 e. The van der Waals surface area contributed by atoms with Crippen LogP contribution in [-0.4, -0.2) is 18.3 Å². The van der Waals surface area contributed by atoms with Crippen molar-refractivity contribution in [1.82, 2.24) is 4.98 Å². The number of hydrogen-bond acceptors (Lipinski definition) is 5. The maximum atomic E-state index is 10.9. The Hall–Kier alpha value is -1.21. The monoisotopic (exact) mass is 236 g/mol. The van der Waals surface area contributed by atoms with Crippen LogP contribution < -0.4 is 0 Å². The fraction of sp³-hybridized carbons (Fsp3) is 0.167. The highest BCUT2D eigenvalue weighted by atomic mass is 35.7. The second kappa shape index (κ2) is 3.50. The van der Waals surface area contributed by atoms with Gasteiger partial charge in [-0.3, -0.25) is 10.1 Å². The maximum Gasteiger partial charge on any atom is 0.307 e. The van der Waals surface area contributed by atoms with Crippen LogP contribution in [0.25, 0.3) is 0 Å². The van der Waals surface area contributed by atoms with Crippen LogP contribution in [0.2, 0.25) is 0 Å². The second-order valence-corrected chi connectivity index (χ2v) is 4.95. The fourth-order valence-corrected chi connectivity index (χ4v) is 1.83. The lowest BCUT2D eigenvalue weighted by Gasteiger charge is -1.98. The number of nitro groups is 1. The molecule has 0 N–H and O–H groups in total. The first kappa shape index (κ1) is 10.9. The van der Waals surface area contributed by atoms with Crippen molar-refractivity contribution in [2.45, 2.75) is 11.9 Å². The second-order valence-electron chi connectivity index (χ2n) is 2.47. The van der Waals surface area contributed by atoms with Crippen molar-refractivity contribution in [2.24, 2.45) is 0 Å². The molecule has 0 amide bonds. The standard InChI is InChI=1S/C6H5ClN2O4S/c1-4-2-3-5(9(10)11)6(8-4)14(7,12)13/h2-3H,1H3. The molecule has 1 aromatic heterocycles. The third-order valence-electron chi connectivity index (χ3n) is 1.41. The molecule has 0 saturated carbocycles. The predicted octanol–water partition coefficient (Wildman–Crippen LogP) is 1.23. The lowest BCUT2D eigenvalue weighted by Crippen LogP contribution is -2.02. The molecule has 76 valence electrons. The molecule has 0 saturated heterocycles. The molecule has 0 aliphatic carbocycles. The zero-order valence-electron chi connectivity index (χ0n) is 6.97. The minimum atomic E-state index is -4.18. The Morgan fingerprint density at radius 1 is 1.50 bits per heavy atom. The van der Waals surface area contributed by atoms with E-state index in [-0.39, 0.29) is 0 Å². The summed E-state index contributed by atoms with van der Waals surface area (Å²) in [6, 6.07) is 2.39. The third kappa shape index (κ3) is 2.18. The molecular formula is C6H5ClN2O4S. The molecule has 1 heterocycles. The van der Waals surface area contributed by atoms with E-state index < -0.39 is 24.7 Å². The highest BCUT2D eigenvalue weighted by Gasteiger charge is 2.25. The average molecular weight is 237 g/mol. The molecule has 8 heteroatoms. The minimum absolute atomic E-state index is 0.342. The summed E-state index contributed by atoms with van der Waals surface area (Å²) in [5.74, 6) is 0. The van der Waals surface area contributed by atoms with Gasteiger partial charge in [0.1, 0.15) is 0 Å². The zero-order valence-corrected chi connectivity index (χ0v) is 8.54. The molecule has 0 atom stereocenters. The van der Waals surface area contributed by atoms with Crippen molar-refractivity contribution in [1.29, 1.82) is 0 Å². The van der Waals surface area contributed by atoms with E-state index in [2.05, 4.69) is 4.98 Å². The number of halogens is 1. The van der Waals surface area contributed by atoms with Gasteiger partial charge in [-0.05, 0) is 13.0 Å². The van der Waals surface area contributed by atoms with Gasteiger partial charge in [-0.1, -0.05) is 0 Å². The van der Waals surface area contributed by atoms with Gasteiger partial charge in [-0.15, -0.1) is 0 Å². The summed E-state index contributed by atoms with van der Waals surface area (Å²) >= 11 is 0. The molecule has 0 aliphatic rings. The molecule has 14 heavy (non-hydrogen) atoms. The number of pyridine rings is 1. The van der Waals surface area contributed by atoms with Crippen LogP contribution in [0.5, 0.6) is 0 Å². The molecule has 0 unspecified atom stereocenters. The topological polar surface area (TPSA) is 90.2 Å².